The molecule has 2 heterocycles. The molecule has 0 aromatic heterocycles. The van der Waals surface area contributed by atoms with Crippen molar-refractivity contribution in [1.82, 2.24) is 9.21 Å². The number of benzene rings is 1. The van der Waals surface area contributed by atoms with Crippen molar-refractivity contribution in [3.8, 4) is 0 Å². The maximum atomic E-state index is 12.5. The topological polar surface area (TPSA) is 70.2 Å². The third kappa shape index (κ3) is 4.80. The highest BCUT2D eigenvalue weighted by Gasteiger charge is 2.27. The fraction of sp³-hybridized carbons (Fsp3) is 0.632. The van der Waals surface area contributed by atoms with Crippen molar-refractivity contribution in [2.24, 2.45) is 0 Å². The van der Waals surface area contributed by atoms with E-state index in [1.54, 1.807) is 4.90 Å². The van der Waals surface area contributed by atoms with E-state index in [1.165, 1.54) is 21.1 Å². The van der Waals surface area contributed by atoms with Gasteiger partial charge in [-0.15, -0.1) is 0 Å². The van der Waals surface area contributed by atoms with Gasteiger partial charge in [0.15, 0.2) is 0 Å². The Labute approximate surface area is 161 Å². The number of ether oxygens (including phenoxy) is 1. The van der Waals surface area contributed by atoms with Gasteiger partial charge >= 0.3 is 0 Å². The van der Waals surface area contributed by atoms with Crippen LogP contribution in [0.1, 0.15) is 17.5 Å². The number of nitrogens with zero attached hydrogens (tertiary/aromatic N) is 3. The summed E-state index contributed by atoms with van der Waals surface area (Å²) in [4.78, 5) is 16.6. The zero-order chi connectivity index (χ0) is 19.4. The number of aryl methyl sites for hydroxylation is 1. The maximum absolute atomic E-state index is 12.5. The second kappa shape index (κ2) is 8.58. The summed E-state index contributed by atoms with van der Waals surface area (Å²) in [6.45, 7) is 8.63. The molecule has 0 spiro atoms. The van der Waals surface area contributed by atoms with Crippen LogP contribution in [0.3, 0.4) is 0 Å². The van der Waals surface area contributed by atoms with Crippen LogP contribution in [-0.2, 0) is 19.6 Å². The average Bonchev–Trinajstić information content (AvgIpc) is 2.69. The minimum Gasteiger partial charge on any atom is -0.379 e. The molecular weight excluding hydrogens is 366 g/mol. The Hall–Kier alpha value is -1.64. The van der Waals surface area contributed by atoms with E-state index in [9.17, 15) is 13.2 Å². The molecule has 2 aliphatic rings. The van der Waals surface area contributed by atoms with Crippen molar-refractivity contribution in [1.29, 1.82) is 0 Å². The van der Waals surface area contributed by atoms with Gasteiger partial charge in [0.25, 0.3) is 0 Å². The Kier molecular flexibility index (Phi) is 6.39. The number of rotatable bonds is 5. The summed E-state index contributed by atoms with van der Waals surface area (Å²) < 4.78 is 31.4. The highest BCUT2D eigenvalue weighted by Crippen LogP contribution is 2.24. The van der Waals surface area contributed by atoms with Gasteiger partial charge in [-0.2, -0.15) is 4.31 Å². The molecule has 1 aromatic carbocycles. The number of sulfonamides is 1. The molecule has 27 heavy (non-hydrogen) atoms. The number of amides is 1. The van der Waals surface area contributed by atoms with Crippen LogP contribution in [-0.4, -0.2) is 81.8 Å². The summed E-state index contributed by atoms with van der Waals surface area (Å²) in [5.74, 6) is -0.198. The SMILES string of the molecule is Cc1cccc(N2CCN(C(=O)CCS(=O)(=O)N3CCOCC3)CC2)c1C. The van der Waals surface area contributed by atoms with Crippen LogP contribution in [0.5, 0.6) is 0 Å². The number of hydrogen-bond acceptors (Lipinski definition) is 5. The highest BCUT2D eigenvalue weighted by atomic mass is 32.2. The first-order chi connectivity index (χ1) is 12.9. The van der Waals surface area contributed by atoms with Crippen LogP contribution >= 0.6 is 0 Å². The quantitative estimate of drug-likeness (QED) is 0.744. The first-order valence-corrected chi connectivity index (χ1v) is 11.1. The standard InChI is InChI=1S/C19H29N3O4S/c1-16-4-3-5-18(17(16)2)20-7-9-21(10-8-20)19(23)6-15-27(24,25)22-11-13-26-14-12-22/h3-5H,6-15H2,1-2H3. The summed E-state index contributed by atoms with van der Waals surface area (Å²) in [6.07, 6.45) is 0.0448. The second-order valence-corrected chi connectivity index (χ2v) is 9.25. The van der Waals surface area contributed by atoms with Gasteiger partial charge in [-0.3, -0.25) is 4.79 Å². The molecule has 2 saturated heterocycles. The lowest BCUT2D eigenvalue weighted by molar-refractivity contribution is -0.131. The van der Waals surface area contributed by atoms with E-state index in [1.807, 2.05) is 0 Å². The van der Waals surface area contributed by atoms with E-state index < -0.39 is 10.0 Å². The molecule has 8 heteroatoms. The fourth-order valence-electron chi connectivity index (χ4n) is 3.60. The monoisotopic (exact) mass is 395 g/mol. The van der Waals surface area contributed by atoms with E-state index in [2.05, 4.69) is 36.9 Å². The Balaban J connectivity index is 1.50. The summed E-state index contributed by atoms with van der Waals surface area (Å²) in [7, 11) is -3.39. The number of carbonyl (C=O) groups excluding carboxylic acids is 1. The van der Waals surface area contributed by atoms with Crippen LogP contribution in [0.4, 0.5) is 5.69 Å². The van der Waals surface area contributed by atoms with E-state index >= 15 is 0 Å². The number of anilines is 1. The Morgan fingerprint density at radius 2 is 1.70 bits per heavy atom. The largest absolute Gasteiger partial charge is 0.379 e. The van der Waals surface area contributed by atoms with Gasteiger partial charge < -0.3 is 14.5 Å². The predicted octanol–water partition coefficient (Wildman–Crippen LogP) is 1.00. The van der Waals surface area contributed by atoms with Crippen molar-refractivity contribution < 1.29 is 17.9 Å². The van der Waals surface area contributed by atoms with Gasteiger partial charge in [0.2, 0.25) is 15.9 Å². The van der Waals surface area contributed by atoms with Gasteiger partial charge in [-0.25, -0.2) is 8.42 Å². The number of piperazine rings is 1. The lowest BCUT2D eigenvalue weighted by atomic mass is 10.1. The molecule has 7 nitrogen and oxygen atoms in total. The molecule has 0 bridgehead atoms. The summed E-state index contributed by atoms with van der Waals surface area (Å²) in [6, 6.07) is 6.29. The molecule has 150 valence electrons. The first-order valence-electron chi connectivity index (χ1n) is 9.53. The Morgan fingerprint density at radius 1 is 1.04 bits per heavy atom. The zero-order valence-corrected chi connectivity index (χ0v) is 17.0. The van der Waals surface area contributed by atoms with Gasteiger partial charge in [-0.05, 0) is 31.0 Å². The smallest absolute Gasteiger partial charge is 0.223 e. The first kappa shape index (κ1) is 20.1. The molecule has 2 aliphatic heterocycles. The Bertz CT molecular complexity index is 767. The van der Waals surface area contributed by atoms with Crippen LogP contribution in [0.25, 0.3) is 0 Å². The van der Waals surface area contributed by atoms with Crippen LogP contribution in [0.15, 0.2) is 18.2 Å². The highest BCUT2D eigenvalue weighted by molar-refractivity contribution is 7.89. The zero-order valence-electron chi connectivity index (χ0n) is 16.2. The van der Waals surface area contributed by atoms with E-state index in [4.69, 9.17) is 4.74 Å². The number of morpholine rings is 1. The number of hydrogen-bond donors (Lipinski definition) is 0. The summed E-state index contributed by atoms with van der Waals surface area (Å²) in [5, 5.41) is 0. The lowest BCUT2D eigenvalue weighted by Gasteiger charge is -2.37. The summed E-state index contributed by atoms with van der Waals surface area (Å²) in [5.41, 5.74) is 3.75. The third-order valence-corrected chi connectivity index (χ3v) is 7.36. The van der Waals surface area contributed by atoms with Crippen molar-refractivity contribution >= 4 is 21.6 Å². The molecule has 0 N–H and O–H groups in total. The lowest BCUT2D eigenvalue weighted by Crippen LogP contribution is -2.49. The van der Waals surface area contributed by atoms with Gasteiger partial charge in [0.1, 0.15) is 0 Å². The normalized spacial score (nSPS) is 19.3. The van der Waals surface area contributed by atoms with Crippen molar-refractivity contribution in [2.75, 3.05) is 63.1 Å². The minimum absolute atomic E-state index is 0.0448. The maximum Gasteiger partial charge on any atom is 0.223 e. The Morgan fingerprint density at radius 3 is 2.37 bits per heavy atom. The molecule has 0 radical (unpaired) electrons. The van der Waals surface area contributed by atoms with Crippen molar-refractivity contribution in [2.45, 2.75) is 20.3 Å². The number of carbonyl (C=O) groups is 1. The molecular formula is C19H29N3O4S. The average molecular weight is 396 g/mol. The van der Waals surface area contributed by atoms with Crippen LogP contribution < -0.4 is 4.90 Å². The molecule has 0 unspecified atom stereocenters. The van der Waals surface area contributed by atoms with Crippen molar-refractivity contribution in [3.63, 3.8) is 0 Å². The minimum atomic E-state index is -3.39. The van der Waals surface area contributed by atoms with Crippen LogP contribution in [0, 0.1) is 13.8 Å². The fourth-order valence-corrected chi connectivity index (χ4v) is 5.00. The molecule has 0 aliphatic carbocycles. The van der Waals surface area contributed by atoms with E-state index in [0.717, 1.165) is 13.1 Å². The molecule has 3 rings (SSSR count). The molecule has 1 aromatic rings. The van der Waals surface area contributed by atoms with Crippen LogP contribution in [0.2, 0.25) is 0 Å². The van der Waals surface area contributed by atoms with Gasteiger partial charge in [0.05, 0.1) is 19.0 Å². The summed E-state index contributed by atoms with van der Waals surface area (Å²) >= 11 is 0. The predicted molar refractivity (Wildman–Crippen MR) is 106 cm³/mol. The molecule has 0 atom stereocenters. The van der Waals surface area contributed by atoms with Gasteiger partial charge in [0, 0.05) is 51.4 Å². The van der Waals surface area contributed by atoms with E-state index in [0.29, 0.717) is 39.4 Å². The van der Waals surface area contributed by atoms with Gasteiger partial charge in [-0.1, -0.05) is 12.1 Å². The van der Waals surface area contributed by atoms with Crippen molar-refractivity contribution in [3.05, 3.63) is 29.3 Å². The van der Waals surface area contributed by atoms with E-state index in [-0.39, 0.29) is 18.1 Å². The molecule has 1 amide bonds. The third-order valence-electron chi connectivity index (χ3n) is 5.49. The second-order valence-electron chi connectivity index (χ2n) is 7.16. The molecule has 2 fully saturated rings. The molecule has 0 saturated carbocycles.